The molecule has 17 heavy (non-hydrogen) atoms. The number of phenols is 1. The first-order valence-electron chi connectivity index (χ1n) is 5.30. The largest absolute Gasteiger partial charge is 0.508 e. The Hall–Kier alpha value is -1.34. The van der Waals surface area contributed by atoms with Gasteiger partial charge in [0.15, 0.2) is 5.82 Å². The van der Waals surface area contributed by atoms with E-state index in [0.29, 0.717) is 13.0 Å². The van der Waals surface area contributed by atoms with Gasteiger partial charge < -0.3 is 10.0 Å². The minimum atomic E-state index is -3.73. The molecular formula is C10H11FN2O3S. The maximum Gasteiger partial charge on any atom is 0.244 e. The molecule has 5 nitrogen and oxygen atoms in total. The summed E-state index contributed by atoms with van der Waals surface area (Å²) in [6, 6.07) is 2.02. The first-order valence-corrected chi connectivity index (χ1v) is 6.79. The summed E-state index contributed by atoms with van der Waals surface area (Å²) in [7, 11) is -3.73. The van der Waals surface area contributed by atoms with Gasteiger partial charge in [0.2, 0.25) is 10.0 Å². The van der Waals surface area contributed by atoms with Gasteiger partial charge in [-0.2, -0.15) is 4.72 Å². The monoisotopic (exact) mass is 258 g/mol. The van der Waals surface area contributed by atoms with Gasteiger partial charge in [-0.05, 0) is 12.8 Å². The van der Waals surface area contributed by atoms with E-state index in [-0.39, 0.29) is 22.5 Å². The van der Waals surface area contributed by atoms with Gasteiger partial charge in [-0.15, -0.1) is 0 Å². The predicted octanol–water partition coefficient (Wildman–Crippen LogP) is 0.750. The first kappa shape index (κ1) is 10.8. The molecule has 1 aromatic rings. The molecule has 2 N–H and O–H groups in total. The molecular weight excluding hydrogens is 247 g/mol. The van der Waals surface area contributed by atoms with Crippen LogP contribution >= 0.6 is 0 Å². The van der Waals surface area contributed by atoms with E-state index in [1.165, 1.54) is 0 Å². The summed E-state index contributed by atoms with van der Waals surface area (Å²) in [5, 5.41) is 9.29. The zero-order valence-electron chi connectivity index (χ0n) is 8.85. The summed E-state index contributed by atoms with van der Waals surface area (Å²) in [4.78, 5) is 1.51. The van der Waals surface area contributed by atoms with E-state index in [1.54, 1.807) is 4.90 Å². The maximum atomic E-state index is 13.8. The fourth-order valence-electron chi connectivity index (χ4n) is 2.44. The maximum absolute atomic E-state index is 13.8. The Morgan fingerprint density at radius 1 is 1.47 bits per heavy atom. The zero-order chi connectivity index (χ0) is 12.2. The van der Waals surface area contributed by atoms with Gasteiger partial charge in [-0.3, -0.25) is 0 Å². The lowest BCUT2D eigenvalue weighted by atomic mass is 10.2. The summed E-state index contributed by atoms with van der Waals surface area (Å²) in [5.74, 6) is -1.08. The van der Waals surface area contributed by atoms with Crippen LogP contribution in [0.4, 0.5) is 10.1 Å². The molecule has 0 spiro atoms. The summed E-state index contributed by atoms with van der Waals surface area (Å²) in [6.07, 6.45) is 1.11. The predicted molar refractivity (Wildman–Crippen MR) is 58.8 cm³/mol. The van der Waals surface area contributed by atoms with Gasteiger partial charge in [-0.25, -0.2) is 12.8 Å². The molecule has 2 heterocycles. The molecule has 0 aromatic heterocycles. The molecule has 1 atom stereocenters. The number of phenolic OH excluding ortho intramolecular Hbond substituents is 1. The van der Waals surface area contributed by atoms with Crippen LogP contribution in [0.1, 0.15) is 12.8 Å². The van der Waals surface area contributed by atoms with Gasteiger partial charge in [-0.1, -0.05) is 0 Å². The van der Waals surface area contributed by atoms with Gasteiger partial charge in [0, 0.05) is 18.7 Å². The highest BCUT2D eigenvalue weighted by Crippen LogP contribution is 2.39. The van der Waals surface area contributed by atoms with Crippen molar-refractivity contribution >= 4 is 15.7 Å². The van der Waals surface area contributed by atoms with Crippen molar-refractivity contribution in [3.05, 3.63) is 17.9 Å². The molecule has 1 unspecified atom stereocenters. The normalized spacial score (nSPS) is 25.5. The molecule has 2 aliphatic heterocycles. The first-order chi connectivity index (χ1) is 7.99. The van der Waals surface area contributed by atoms with Crippen LogP contribution in [0.2, 0.25) is 0 Å². The van der Waals surface area contributed by atoms with Crippen LogP contribution < -0.4 is 9.62 Å². The Kier molecular flexibility index (Phi) is 2.11. The second-order valence-electron chi connectivity index (χ2n) is 4.25. The van der Waals surface area contributed by atoms with E-state index < -0.39 is 15.8 Å². The number of aromatic hydroxyl groups is 1. The van der Waals surface area contributed by atoms with Crippen LogP contribution in [0.3, 0.4) is 0 Å². The Morgan fingerprint density at radius 2 is 2.24 bits per heavy atom. The summed E-state index contributed by atoms with van der Waals surface area (Å²) >= 11 is 0. The minimum absolute atomic E-state index is 0.0732. The van der Waals surface area contributed by atoms with Crippen molar-refractivity contribution in [1.29, 1.82) is 0 Å². The van der Waals surface area contributed by atoms with Crippen LogP contribution in [0.15, 0.2) is 17.0 Å². The molecule has 1 fully saturated rings. The van der Waals surface area contributed by atoms with E-state index in [0.717, 1.165) is 18.6 Å². The van der Waals surface area contributed by atoms with Crippen molar-refractivity contribution in [1.82, 2.24) is 4.72 Å². The molecule has 0 saturated carbocycles. The molecule has 0 amide bonds. The van der Waals surface area contributed by atoms with E-state index in [2.05, 4.69) is 4.72 Å². The fraction of sp³-hybridized carbons (Fsp3) is 0.400. The van der Waals surface area contributed by atoms with Gasteiger partial charge in [0.1, 0.15) is 10.6 Å². The number of halogens is 1. The van der Waals surface area contributed by atoms with E-state index in [4.69, 9.17) is 0 Å². The summed E-state index contributed by atoms with van der Waals surface area (Å²) < 4.78 is 40.1. The van der Waals surface area contributed by atoms with Crippen molar-refractivity contribution in [3.63, 3.8) is 0 Å². The molecule has 3 rings (SSSR count). The Balaban J connectivity index is 2.30. The molecule has 0 radical (unpaired) electrons. The van der Waals surface area contributed by atoms with Crippen LogP contribution in [0.5, 0.6) is 5.75 Å². The van der Waals surface area contributed by atoms with Crippen molar-refractivity contribution in [2.24, 2.45) is 0 Å². The number of nitrogens with zero attached hydrogens (tertiary/aromatic N) is 1. The van der Waals surface area contributed by atoms with Crippen LogP contribution in [-0.2, 0) is 10.0 Å². The standard InChI is InChI=1S/C10H11FN2O3S/c11-7-4-6(14)5-8-10(7)13-3-1-2-9(13)12-17(8,15)16/h4-5,9,12,14H,1-3H2. The third kappa shape index (κ3) is 1.49. The molecule has 7 heteroatoms. The number of anilines is 1. The third-order valence-corrected chi connectivity index (χ3v) is 4.61. The lowest BCUT2D eigenvalue weighted by Crippen LogP contribution is -2.49. The average molecular weight is 258 g/mol. The topological polar surface area (TPSA) is 69.6 Å². The Morgan fingerprint density at radius 3 is 3.00 bits per heavy atom. The molecule has 0 bridgehead atoms. The number of sulfonamides is 1. The lowest BCUT2D eigenvalue weighted by molar-refractivity contribution is 0.462. The average Bonchev–Trinajstić information content (AvgIpc) is 2.63. The van der Waals surface area contributed by atoms with Crippen LogP contribution in [-0.4, -0.2) is 26.2 Å². The Bertz CT molecular complexity index is 587. The highest BCUT2D eigenvalue weighted by Gasteiger charge is 2.39. The van der Waals surface area contributed by atoms with Gasteiger partial charge >= 0.3 is 0 Å². The van der Waals surface area contributed by atoms with Gasteiger partial charge in [0.25, 0.3) is 0 Å². The number of hydrogen-bond acceptors (Lipinski definition) is 4. The highest BCUT2D eigenvalue weighted by molar-refractivity contribution is 7.89. The SMILES string of the molecule is O=S1(=O)NC2CCCN2c2c(F)cc(O)cc21. The highest BCUT2D eigenvalue weighted by atomic mass is 32.2. The zero-order valence-corrected chi connectivity index (χ0v) is 9.67. The number of hydrogen-bond donors (Lipinski definition) is 2. The fourth-order valence-corrected chi connectivity index (χ4v) is 3.92. The van der Waals surface area contributed by atoms with Crippen LogP contribution in [0.25, 0.3) is 0 Å². The van der Waals surface area contributed by atoms with Crippen molar-refractivity contribution in [3.8, 4) is 5.75 Å². The molecule has 2 aliphatic rings. The quantitative estimate of drug-likeness (QED) is 0.720. The third-order valence-electron chi connectivity index (χ3n) is 3.13. The molecule has 1 aromatic carbocycles. The Labute approximate surface area is 97.9 Å². The van der Waals surface area contributed by atoms with Crippen LogP contribution in [0, 0.1) is 5.82 Å². The summed E-state index contributed by atoms with van der Waals surface area (Å²) in [5.41, 5.74) is 0.0732. The summed E-state index contributed by atoms with van der Waals surface area (Å²) in [6.45, 7) is 0.613. The number of fused-ring (bicyclic) bond motifs is 3. The van der Waals surface area contributed by atoms with Gasteiger partial charge in [0.05, 0.1) is 11.9 Å². The minimum Gasteiger partial charge on any atom is -0.508 e. The van der Waals surface area contributed by atoms with Crippen molar-refractivity contribution in [2.45, 2.75) is 23.9 Å². The van der Waals surface area contributed by atoms with E-state index in [9.17, 15) is 17.9 Å². The lowest BCUT2D eigenvalue weighted by Gasteiger charge is -2.34. The number of rotatable bonds is 0. The number of nitrogens with one attached hydrogen (secondary N) is 1. The number of benzene rings is 1. The smallest absolute Gasteiger partial charge is 0.244 e. The molecule has 92 valence electrons. The van der Waals surface area contributed by atoms with Crippen molar-refractivity contribution in [2.75, 3.05) is 11.4 Å². The second-order valence-corrected chi connectivity index (χ2v) is 5.93. The van der Waals surface area contributed by atoms with E-state index >= 15 is 0 Å². The molecule has 0 aliphatic carbocycles. The van der Waals surface area contributed by atoms with E-state index in [1.807, 2.05) is 0 Å². The molecule has 1 saturated heterocycles. The van der Waals surface area contributed by atoms with Crippen molar-refractivity contribution < 1.29 is 17.9 Å². The second kappa shape index (κ2) is 3.33.